The summed E-state index contributed by atoms with van der Waals surface area (Å²) >= 11 is 5.90. The van der Waals surface area contributed by atoms with Gasteiger partial charge in [-0.15, -0.1) is 0 Å². The van der Waals surface area contributed by atoms with Gasteiger partial charge in [0.25, 0.3) is 5.91 Å². The molecule has 0 bridgehead atoms. The summed E-state index contributed by atoms with van der Waals surface area (Å²) < 4.78 is 5.63. The molecule has 0 unspecified atom stereocenters. The first-order valence-corrected chi connectivity index (χ1v) is 7.14. The van der Waals surface area contributed by atoms with E-state index in [4.69, 9.17) is 16.3 Å². The molecule has 0 saturated carbocycles. The van der Waals surface area contributed by atoms with E-state index in [9.17, 15) is 4.79 Å². The van der Waals surface area contributed by atoms with Crippen molar-refractivity contribution in [2.24, 2.45) is 0 Å². The van der Waals surface area contributed by atoms with Crippen LogP contribution in [0.15, 0.2) is 42.5 Å². The van der Waals surface area contributed by atoms with Crippen molar-refractivity contribution < 1.29 is 9.53 Å². The number of nitrogens with one attached hydrogen (secondary N) is 1. The van der Waals surface area contributed by atoms with Gasteiger partial charge in [0.05, 0.1) is 0 Å². The van der Waals surface area contributed by atoms with E-state index in [-0.39, 0.29) is 5.91 Å². The molecule has 0 fully saturated rings. The average molecular weight is 304 g/mol. The third-order valence-electron chi connectivity index (χ3n) is 3.15. The molecule has 0 aromatic heterocycles. The molecule has 3 nitrogen and oxygen atoms in total. The fraction of sp³-hybridized carbons (Fsp3) is 0.235. The molecule has 0 aliphatic rings. The molecule has 0 saturated heterocycles. The van der Waals surface area contributed by atoms with Crippen molar-refractivity contribution in [2.75, 3.05) is 5.32 Å². The van der Waals surface area contributed by atoms with Gasteiger partial charge in [0.1, 0.15) is 5.75 Å². The van der Waals surface area contributed by atoms with E-state index in [2.05, 4.69) is 5.32 Å². The van der Waals surface area contributed by atoms with Crippen molar-refractivity contribution in [3.05, 3.63) is 58.6 Å². The van der Waals surface area contributed by atoms with Gasteiger partial charge in [0.2, 0.25) is 0 Å². The SMILES string of the molecule is Cc1ccc(O[C@H](C)C(=O)Nc2ccc(Cl)cc2C)cc1. The van der Waals surface area contributed by atoms with Crippen molar-refractivity contribution in [2.45, 2.75) is 26.9 Å². The minimum Gasteiger partial charge on any atom is -0.481 e. The molecule has 1 amide bonds. The quantitative estimate of drug-likeness (QED) is 0.911. The number of benzene rings is 2. The number of carbonyl (C=O) groups excluding carboxylic acids is 1. The van der Waals surface area contributed by atoms with E-state index in [0.29, 0.717) is 10.8 Å². The van der Waals surface area contributed by atoms with E-state index in [0.717, 1.165) is 16.8 Å². The Bertz CT molecular complexity index is 638. The van der Waals surface area contributed by atoms with Gasteiger partial charge in [-0.25, -0.2) is 0 Å². The largest absolute Gasteiger partial charge is 0.481 e. The Morgan fingerprint density at radius 1 is 1.14 bits per heavy atom. The summed E-state index contributed by atoms with van der Waals surface area (Å²) in [5.41, 5.74) is 2.80. The highest BCUT2D eigenvalue weighted by Gasteiger charge is 2.15. The van der Waals surface area contributed by atoms with Crippen molar-refractivity contribution in [1.82, 2.24) is 0 Å². The summed E-state index contributed by atoms with van der Waals surface area (Å²) in [6, 6.07) is 12.9. The standard InChI is InChI=1S/C17H18ClNO2/c1-11-4-7-15(8-5-11)21-13(3)17(20)19-16-9-6-14(18)10-12(16)2/h4-10,13H,1-3H3,(H,19,20)/t13-/m1/s1. The third-order valence-corrected chi connectivity index (χ3v) is 3.38. The minimum absolute atomic E-state index is 0.194. The molecule has 0 aliphatic heterocycles. The van der Waals surface area contributed by atoms with Gasteiger partial charge in [-0.3, -0.25) is 4.79 Å². The van der Waals surface area contributed by atoms with Crippen LogP contribution in [0.4, 0.5) is 5.69 Å². The average Bonchev–Trinajstić information content (AvgIpc) is 2.44. The lowest BCUT2D eigenvalue weighted by Crippen LogP contribution is -2.30. The van der Waals surface area contributed by atoms with Crippen LogP contribution in [0, 0.1) is 13.8 Å². The van der Waals surface area contributed by atoms with Crippen molar-refractivity contribution in [1.29, 1.82) is 0 Å². The lowest BCUT2D eigenvalue weighted by atomic mass is 10.2. The number of amides is 1. The predicted octanol–water partition coefficient (Wildman–Crippen LogP) is 4.36. The molecule has 1 atom stereocenters. The van der Waals surface area contributed by atoms with E-state index in [1.807, 2.05) is 44.2 Å². The maximum Gasteiger partial charge on any atom is 0.265 e. The number of ether oxygens (including phenoxy) is 1. The third kappa shape index (κ3) is 4.23. The van der Waals surface area contributed by atoms with Crippen LogP contribution in [-0.4, -0.2) is 12.0 Å². The molecular weight excluding hydrogens is 286 g/mol. The lowest BCUT2D eigenvalue weighted by molar-refractivity contribution is -0.122. The molecule has 4 heteroatoms. The highest BCUT2D eigenvalue weighted by atomic mass is 35.5. The molecule has 0 aliphatic carbocycles. The molecule has 0 heterocycles. The van der Waals surface area contributed by atoms with Crippen LogP contribution in [0.3, 0.4) is 0 Å². The van der Waals surface area contributed by atoms with Gasteiger partial charge in [0.15, 0.2) is 6.10 Å². The Morgan fingerprint density at radius 3 is 2.43 bits per heavy atom. The van der Waals surface area contributed by atoms with Crippen LogP contribution in [0.5, 0.6) is 5.75 Å². The van der Waals surface area contributed by atoms with Gasteiger partial charge in [-0.2, -0.15) is 0 Å². The van der Waals surface area contributed by atoms with Crippen LogP contribution in [0.2, 0.25) is 5.02 Å². The summed E-state index contributed by atoms with van der Waals surface area (Å²) in [4.78, 5) is 12.2. The van der Waals surface area contributed by atoms with Gasteiger partial charge < -0.3 is 10.1 Å². The van der Waals surface area contributed by atoms with Crippen molar-refractivity contribution >= 4 is 23.2 Å². The first-order chi connectivity index (χ1) is 9.95. The van der Waals surface area contributed by atoms with Crippen LogP contribution in [0.25, 0.3) is 0 Å². The molecule has 21 heavy (non-hydrogen) atoms. The van der Waals surface area contributed by atoms with E-state index < -0.39 is 6.10 Å². The normalized spacial score (nSPS) is 11.8. The van der Waals surface area contributed by atoms with Crippen LogP contribution in [0.1, 0.15) is 18.1 Å². The molecule has 2 rings (SSSR count). The molecular formula is C17H18ClNO2. The van der Waals surface area contributed by atoms with Crippen molar-refractivity contribution in [3.63, 3.8) is 0 Å². The molecule has 0 spiro atoms. The maximum atomic E-state index is 12.2. The number of hydrogen-bond acceptors (Lipinski definition) is 2. The number of rotatable bonds is 4. The van der Waals surface area contributed by atoms with Crippen LogP contribution < -0.4 is 10.1 Å². The van der Waals surface area contributed by atoms with Gasteiger partial charge in [-0.1, -0.05) is 29.3 Å². The monoisotopic (exact) mass is 303 g/mol. The topological polar surface area (TPSA) is 38.3 Å². The Labute approximate surface area is 129 Å². The molecule has 2 aromatic rings. The predicted molar refractivity (Wildman–Crippen MR) is 86.1 cm³/mol. The zero-order valence-corrected chi connectivity index (χ0v) is 13.1. The second-order valence-corrected chi connectivity index (χ2v) is 5.46. The summed E-state index contributed by atoms with van der Waals surface area (Å²) in [6.07, 6.45) is -0.581. The molecule has 110 valence electrons. The van der Waals surface area contributed by atoms with E-state index in [1.54, 1.807) is 19.1 Å². The Morgan fingerprint density at radius 2 is 1.81 bits per heavy atom. The van der Waals surface area contributed by atoms with Gasteiger partial charge in [-0.05, 0) is 56.7 Å². The van der Waals surface area contributed by atoms with Gasteiger partial charge in [0, 0.05) is 10.7 Å². The van der Waals surface area contributed by atoms with Gasteiger partial charge >= 0.3 is 0 Å². The second-order valence-electron chi connectivity index (χ2n) is 5.02. The zero-order chi connectivity index (χ0) is 15.4. The molecule has 0 radical (unpaired) electrons. The first kappa shape index (κ1) is 15.4. The smallest absolute Gasteiger partial charge is 0.265 e. The highest BCUT2D eigenvalue weighted by Crippen LogP contribution is 2.20. The Hall–Kier alpha value is -2.00. The fourth-order valence-electron chi connectivity index (χ4n) is 1.88. The number of anilines is 1. The minimum atomic E-state index is -0.581. The number of halogens is 1. The summed E-state index contributed by atoms with van der Waals surface area (Å²) in [6.45, 7) is 5.62. The lowest BCUT2D eigenvalue weighted by Gasteiger charge is -2.16. The second kappa shape index (κ2) is 6.64. The first-order valence-electron chi connectivity index (χ1n) is 6.76. The maximum absolute atomic E-state index is 12.2. The summed E-state index contributed by atoms with van der Waals surface area (Å²) in [5.74, 6) is 0.483. The summed E-state index contributed by atoms with van der Waals surface area (Å²) in [7, 11) is 0. The number of hydrogen-bond donors (Lipinski definition) is 1. The highest BCUT2D eigenvalue weighted by molar-refractivity contribution is 6.30. The molecule has 1 N–H and O–H groups in total. The Balaban J connectivity index is 2.00. The zero-order valence-electron chi connectivity index (χ0n) is 12.3. The van der Waals surface area contributed by atoms with E-state index >= 15 is 0 Å². The Kier molecular flexibility index (Phi) is 4.86. The molecule has 2 aromatic carbocycles. The number of carbonyl (C=O) groups is 1. The number of aryl methyl sites for hydroxylation is 2. The van der Waals surface area contributed by atoms with Crippen LogP contribution in [-0.2, 0) is 4.79 Å². The van der Waals surface area contributed by atoms with Crippen LogP contribution >= 0.6 is 11.6 Å². The van der Waals surface area contributed by atoms with E-state index in [1.165, 1.54) is 0 Å². The van der Waals surface area contributed by atoms with Crippen molar-refractivity contribution in [3.8, 4) is 5.75 Å². The fourth-order valence-corrected chi connectivity index (χ4v) is 2.10. The summed E-state index contributed by atoms with van der Waals surface area (Å²) in [5, 5.41) is 3.49.